The molecule has 0 unspecified atom stereocenters. The van der Waals surface area contributed by atoms with Gasteiger partial charge < -0.3 is 15.2 Å². The van der Waals surface area contributed by atoms with Gasteiger partial charge in [0.25, 0.3) is 5.91 Å². The Kier molecular flexibility index (Phi) is 6.11. The van der Waals surface area contributed by atoms with E-state index < -0.39 is 0 Å². The summed E-state index contributed by atoms with van der Waals surface area (Å²) < 4.78 is 6.12. The Morgan fingerprint density at radius 2 is 2.07 bits per heavy atom. The Hall–Kier alpha value is -2.00. The number of hydrogen-bond acceptors (Lipinski definition) is 5. The lowest BCUT2D eigenvalue weighted by Gasteiger charge is -2.08. The minimum atomic E-state index is -0.190. The lowest BCUT2D eigenvalue weighted by Crippen LogP contribution is -2.19. The first-order valence-electron chi connectivity index (χ1n) is 8.39. The fourth-order valence-electron chi connectivity index (χ4n) is 2.61. The lowest BCUT2D eigenvalue weighted by molar-refractivity contribution is -0.115. The highest BCUT2D eigenvalue weighted by atomic mass is 127. The minimum Gasteiger partial charge on any atom is -0.504 e. The summed E-state index contributed by atoms with van der Waals surface area (Å²) in [6, 6.07) is 9.53. The van der Waals surface area contributed by atoms with Crippen LogP contribution in [0.15, 0.2) is 40.2 Å². The number of amides is 1. The van der Waals surface area contributed by atoms with Gasteiger partial charge in [0.15, 0.2) is 16.7 Å². The van der Waals surface area contributed by atoms with Crippen molar-refractivity contribution < 1.29 is 14.6 Å². The SMILES string of the molecule is CCOc1cc(/C=C2/SC(=Nc3ccc(C)cc3C)NC2=O)cc(I)c1O. The Balaban J connectivity index is 1.88. The van der Waals surface area contributed by atoms with Gasteiger partial charge in [-0.2, -0.15) is 0 Å². The molecule has 0 aliphatic carbocycles. The monoisotopic (exact) mass is 494 g/mol. The zero-order chi connectivity index (χ0) is 19.6. The molecule has 0 bridgehead atoms. The highest BCUT2D eigenvalue weighted by molar-refractivity contribution is 14.1. The van der Waals surface area contributed by atoms with Gasteiger partial charge in [-0.3, -0.25) is 4.79 Å². The van der Waals surface area contributed by atoms with Gasteiger partial charge in [-0.05, 0) is 90.5 Å². The maximum atomic E-state index is 12.3. The highest BCUT2D eigenvalue weighted by Crippen LogP contribution is 2.35. The third-order valence-electron chi connectivity index (χ3n) is 3.87. The number of benzene rings is 2. The third kappa shape index (κ3) is 4.65. The van der Waals surface area contributed by atoms with E-state index in [1.165, 1.54) is 17.3 Å². The predicted molar refractivity (Wildman–Crippen MR) is 119 cm³/mol. The molecule has 2 N–H and O–H groups in total. The van der Waals surface area contributed by atoms with Crippen molar-refractivity contribution >= 4 is 57.2 Å². The molecule has 1 fully saturated rings. The second-order valence-electron chi connectivity index (χ2n) is 6.05. The van der Waals surface area contributed by atoms with Crippen LogP contribution in [-0.4, -0.2) is 22.8 Å². The van der Waals surface area contributed by atoms with E-state index in [-0.39, 0.29) is 11.7 Å². The first kappa shape index (κ1) is 19.8. The van der Waals surface area contributed by atoms with E-state index in [0.29, 0.717) is 26.0 Å². The van der Waals surface area contributed by atoms with Crippen molar-refractivity contribution in [2.24, 2.45) is 4.99 Å². The molecule has 1 saturated heterocycles. The second kappa shape index (κ2) is 8.35. The maximum Gasteiger partial charge on any atom is 0.264 e. The molecule has 2 aromatic rings. The summed E-state index contributed by atoms with van der Waals surface area (Å²) in [4.78, 5) is 17.4. The van der Waals surface area contributed by atoms with Crippen molar-refractivity contribution in [1.29, 1.82) is 0 Å². The van der Waals surface area contributed by atoms with Crippen LogP contribution in [-0.2, 0) is 4.79 Å². The molecule has 140 valence electrons. The smallest absolute Gasteiger partial charge is 0.264 e. The molecule has 0 aromatic heterocycles. The molecule has 5 nitrogen and oxygen atoms in total. The summed E-state index contributed by atoms with van der Waals surface area (Å²) in [5, 5.41) is 13.4. The number of nitrogens with zero attached hydrogens (tertiary/aromatic N) is 1. The van der Waals surface area contributed by atoms with Crippen molar-refractivity contribution in [3.8, 4) is 11.5 Å². The second-order valence-corrected chi connectivity index (χ2v) is 8.25. The highest BCUT2D eigenvalue weighted by Gasteiger charge is 2.24. The summed E-state index contributed by atoms with van der Waals surface area (Å²) >= 11 is 3.34. The van der Waals surface area contributed by atoms with E-state index in [1.807, 2.05) is 55.5 Å². The van der Waals surface area contributed by atoms with Gasteiger partial charge in [0.05, 0.1) is 20.8 Å². The number of aliphatic imine (C=N–C) groups is 1. The van der Waals surface area contributed by atoms with Crippen molar-refractivity contribution in [2.75, 3.05) is 6.61 Å². The zero-order valence-electron chi connectivity index (χ0n) is 15.2. The summed E-state index contributed by atoms with van der Waals surface area (Å²) in [5.41, 5.74) is 3.85. The van der Waals surface area contributed by atoms with E-state index in [4.69, 9.17) is 4.74 Å². The molecule has 1 aliphatic heterocycles. The molecule has 3 rings (SSSR count). The van der Waals surface area contributed by atoms with Gasteiger partial charge in [0.1, 0.15) is 0 Å². The van der Waals surface area contributed by atoms with Crippen LogP contribution in [0.25, 0.3) is 6.08 Å². The van der Waals surface area contributed by atoms with Crippen LogP contribution in [0, 0.1) is 17.4 Å². The Morgan fingerprint density at radius 3 is 2.78 bits per heavy atom. The van der Waals surface area contributed by atoms with Crippen LogP contribution >= 0.6 is 34.4 Å². The Labute approximate surface area is 176 Å². The number of phenolic OH excluding ortho intramolecular Hbond substituents is 1. The van der Waals surface area contributed by atoms with E-state index in [0.717, 1.165) is 16.8 Å². The summed E-state index contributed by atoms with van der Waals surface area (Å²) in [6.45, 7) is 6.34. The zero-order valence-corrected chi connectivity index (χ0v) is 18.1. The van der Waals surface area contributed by atoms with Gasteiger partial charge in [0.2, 0.25) is 0 Å². The number of aryl methyl sites for hydroxylation is 2. The third-order valence-corrected chi connectivity index (χ3v) is 5.61. The predicted octanol–water partition coefficient (Wildman–Crippen LogP) is 4.90. The van der Waals surface area contributed by atoms with Crippen LogP contribution in [0.2, 0.25) is 0 Å². The van der Waals surface area contributed by atoms with Crippen molar-refractivity contribution in [1.82, 2.24) is 5.32 Å². The standard InChI is InChI=1S/C20H19IN2O3S/c1-4-26-16-9-13(8-14(21)18(16)24)10-17-19(25)23-20(27-17)22-15-6-5-11(2)7-12(15)3/h5-10,24H,4H2,1-3H3,(H,22,23,25)/b17-10+. The number of ether oxygens (including phenoxy) is 1. The number of carbonyl (C=O) groups is 1. The van der Waals surface area contributed by atoms with Crippen molar-refractivity contribution in [3.05, 3.63) is 55.5 Å². The van der Waals surface area contributed by atoms with Gasteiger partial charge in [-0.1, -0.05) is 17.7 Å². The topological polar surface area (TPSA) is 70.9 Å². The summed E-state index contributed by atoms with van der Waals surface area (Å²) in [5.74, 6) is 0.327. The first-order chi connectivity index (χ1) is 12.9. The molecule has 7 heteroatoms. The first-order valence-corrected chi connectivity index (χ1v) is 10.3. The molecular formula is C20H19IN2O3S. The molecule has 0 radical (unpaired) electrons. The number of aromatic hydroxyl groups is 1. The van der Waals surface area contributed by atoms with Crippen LogP contribution in [0.4, 0.5) is 5.69 Å². The van der Waals surface area contributed by atoms with Crippen LogP contribution in [0.5, 0.6) is 11.5 Å². The van der Waals surface area contributed by atoms with E-state index in [9.17, 15) is 9.90 Å². The van der Waals surface area contributed by atoms with Crippen molar-refractivity contribution in [3.63, 3.8) is 0 Å². The van der Waals surface area contributed by atoms with Gasteiger partial charge >= 0.3 is 0 Å². The molecule has 0 spiro atoms. The fraction of sp³-hybridized carbons (Fsp3) is 0.200. The van der Waals surface area contributed by atoms with E-state index >= 15 is 0 Å². The molecular weight excluding hydrogens is 475 g/mol. The summed E-state index contributed by atoms with van der Waals surface area (Å²) in [6.07, 6.45) is 1.77. The molecule has 0 atom stereocenters. The van der Waals surface area contributed by atoms with Gasteiger partial charge in [-0.25, -0.2) is 4.99 Å². The average Bonchev–Trinajstić information content (AvgIpc) is 2.94. The quantitative estimate of drug-likeness (QED) is 0.469. The number of rotatable bonds is 4. The van der Waals surface area contributed by atoms with Crippen LogP contribution in [0.1, 0.15) is 23.6 Å². The summed E-state index contributed by atoms with van der Waals surface area (Å²) in [7, 11) is 0. The Bertz CT molecular complexity index is 970. The van der Waals surface area contributed by atoms with E-state index in [2.05, 4.69) is 16.4 Å². The lowest BCUT2D eigenvalue weighted by atomic mass is 10.1. The van der Waals surface area contributed by atoms with Crippen LogP contribution in [0.3, 0.4) is 0 Å². The molecule has 0 saturated carbocycles. The number of nitrogens with one attached hydrogen (secondary N) is 1. The molecule has 1 heterocycles. The number of amidine groups is 1. The Morgan fingerprint density at radius 1 is 1.30 bits per heavy atom. The molecule has 1 aliphatic rings. The normalized spacial score (nSPS) is 16.8. The number of hydrogen-bond donors (Lipinski definition) is 2. The van der Waals surface area contributed by atoms with E-state index in [1.54, 1.807) is 18.2 Å². The largest absolute Gasteiger partial charge is 0.504 e. The van der Waals surface area contributed by atoms with Gasteiger partial charge in [-0.15, -0.1) is 0 Å². The minimum absolute atomic E-state index is 0.111. The maximum absolute atomic E-state index is 12.3. The van der Waals surface area contributed by atoms with Crippen LogP contribution < -0.4 is 10.1 Å². The van der Waals surface area contributed by atoms with Gasteiger partial charge in [0, 0.05) is 0 Å². The number of phenols is 1. The number of thioether (sulfide) groups is 1. The van der Waals surface area contributed by atoms with Crippen molar-refractivity contribution in [2.45, 2.75) is 20.8 Å². The molecule has 2 aromatic carbocycles. The molecule has 27 heavy (non-hydrogen) atoms. The fourth-order valence-corrected chi connectivity index (χ4v) is 4.07. The molecule has 1 amide bonds. The number of carbonyl (C=O) groups excluding carboxylic acids is 1. The average molecular weight is 494 g/mol. The number of halogens is 1.